The first-order chi connectivity index (χ1) is 13.1. The highest BCUT2D eigenvalue weighted by Crippen LogP contribution is 2.30. The number of hydrogen-bond donors (Lipinski definition) is 1. The summed E-state index contributed by atoms with van der Waals surface area (Å²) in [5.41, 5.74) is 8.10. The van der Waals surface area contributed by atoms with E-state index >= 15 is 0 Å². The number of nitriles is 2. The van der Waals surface area contributed by atoms with Crippen molar-refractivity contribution in [3.05, 3.63) is 69.8 Å². The van der Waals surface area contributed by atoms with E-state index in [0.29, 0.717) is 17.0 Å². The van der Waals surface area contributed by atoms with E-state index in [9.17, 15) is 10.5 Å². The van der Waals surface area contributed by atoms with Crippen molar-refractivity contribution in [3.63, 3.8) is 0 Å². The number of anilines is 1. The molecule has 0 fully saturated rings. The Morgan fingerprint density at radius 1 is 1.22 bits per heavy atom. The third-order valence-electron chi connectivity index (χ3n) is 3.90. The van der Waals surface area contributed by atoms with Crippen LogP contribution in [0, 0.1) is 22.7 Å². The van der Waals surface area contributed by atoms with Crippen molar-refractivity contribution in [2.75, 3.05) is 12.8 Å². The van der Waals surface area contributed by atoms with Crippen molar-refractivity contribution < 1.29 is 4.74 Å². The van der Waals surface area contributed by atoms with Gasteiger partial charge in [0.15, 0.2) is 0 Å². The van der Waals surface area contributed by atoms with Gasteiger partial charge in [0, 0.05) is 10.0 Å². The fraction of sp³-hybridized carbons (Fsp3) is 0.0500. The molecule has 1 aromatic heterocycles. The molecule has 0 atom stereocenters. The Morgan fingerprint density at radius 2 is 1.96 bits per heavy atom. The van der Waals surface area contributed by atoms with Crippen LogP contribution in [0.3, 0.4) is 0 Å². The van der Waals surface area contributed by atoms with E-state index in [0.717, 1.165) is 4.47 Å². The smallest absolute Gasteiger partial charge is 0.145 e. The van der Waals surface area contributed by atoms with E-state index in [4.69, 9.17) is 10.5 Å². The van der Waals surface area contributed by atoms with Gasteiger partial charge in [-0.05, 0) is 36.4 Å². The van der Waals surface area contributed by atoms with E-state index in [1.165, 1.54) is 4.68 Å². The van der Waals surface area contributed by atoms with Crippen molar-refractivity contribution in [1.82, 2.24) is 9.78 Å². The quantitative estimate of drug-likeness (QED) is 0.639. The molecule has 2 N–H and O–H groups in total. The van der Waals surface area contributed by atoms with Crippen molar-refractivity contribution in [1.29, 1.82) is 10.5 Å². The normalized spacial score (nSPS) is 10.9. The first kappa shape index (κ1) is 18.2. The summed E-state index contributed by atoms with van der Waals surface area (Å²) in [5.74, 6) is 0.779. The summed E-state index contributed by atoms with van der Waals surface area (Å²) in [7, 11) is 1.55. The van der Waals surface area contributed by atoms with Crippen molar-refractivity contribution >= 4 is 33.4 Å². The molecule has 0 unspecified atom stereocenters. The van der Waals surface area contributed by atoms with Gasteiger partial charge in [0.05, 0.1) is 18.4 Å². The topological polar surface area (TPSA) is 101 Å². The molecule has 0 saturated heterocycles. The summed E-state index contributed by atoms with van der Waals surface area (Å²) in [6.45, 7) is 0. The van der Waals surface area contributed by atoms with Crippen LogP contribution in [-0.4, -0.2) is 16.9 Å². The lowest BCUT2D eigenvalue weighted by molar-refractivity contribution is 0.414. The maximum Gasteiger partial charge on any atom is 0.145 e. The second-order valence-electron chi connectivity index (χ2n) is 5.52. The van der Waals surface area contributed by atoms with E-state index in [-0.39, 0.29) is 22.6 Å². The fourth-order valence-corrected chi connectivity index (χ4v) is 3.00. The highest BCUT2D eigenvalue weighted by Gasteiger charge is 2.20. The summed E-state index contributed by atoms with van der Waals surface area (Å²) in [5, 5.41) is 23.7. The lowest BCUT2D eigenvalue weighted by atomic mass is 10.1. The van der Waals surface area contributed by atoms with Gasteiger partial charge in [-0.2, -0.15) is 15.6 Å². The number of ether oxygens (including phenoxy) is 1. The Balaban J connectivity index is 2.19. The van der Waals surface area contributed by atoms with Gasteiger partial charge in [-0.25, -0.2) is 4.68 Å². The lowest BCUT2D eigenvalue weighted by Crippen LogP contribution is -2.02. The summed E-state index contributed by atoms with van der Waals surface area (Å²) >= 11 is 3.41. The highest BCUT2D eigenvalue weighted by molar-refractivity contribution is 9.10. The minimum Gasteiger partial charge on any atom is -0.496 e. The summed E-state index contributed by atoms with van der Waals surface area (Å²) in [6.07, 6.45) is 1.63. The van der Waals surface area contributed by atoms with Crippen LogP contribution in [-0.2, 0) is 0 Å². The Hall–Kier alpha value is -3.55. The molecular weight excluding hydrogens is 406 g/mol. The summed E-state index contributed by atoms with van der Waals surface area (Å²) in [4.78, 5) is 0. The predicted octanol–water partition coefficient (Wildman–Crippen LogP) is 4.16. The monoisotopic (exact) mass is 419 g/mol. The Labute approximate surface area is 164 Å². The number of nitrogen functional groups attached to an aromatic ring is 1. The Morgan fingerprint density at radius 3 is 2.59 bits per heavy atom. The third kappa shape index (κ3) is 3.55. The van der Waals surface area contributed by atoms with Crippen LogP contribution in [0.25, 0.3) is 17.3 Å². The number of nitrogens with zero attached hydrogens (tertiary/aromatic N) is 4. The number of allylic oxidation sites excluding steroid dienone is 1. The first-order valence-corrected chi connectivity index (χ1v) is 8.68. The second-order valence-corrected chi connectivity index (χ2v) is 6.44. The zero-order valence-electron chi connectivity index (χ0n) is 14.3. The molecule has 0 radical (unpaired) electrons. The van der Waals surface area contributed by atoms with Gasteiger partial charge in [0.1, 0.15) is 35.0 Å². The molecule has 0 amide bonds. The molecule has 0 aliphatic heterocycles. The van der Waals surface area contributed by atoms with Gasteiger partial charge in [0.2, 0.25) is 0 Å². The standard InChI is InChI=1S/C20H14BrN5O/c1-27-18-8-7-15(21)10-13(18)9-14(11-22)19-17(12-23)20(24)26(25-19)16-5-3-2-4-6-16/h2-10H,24H2,1H3/b14-9+. The number of methoxy groups -OCH3 is 1. The molecule has 0 saturated carbocycles. The van der Waals surface area contributed by atoms with Crippen LogP contribution < -0.4 is 10.5 Å². The average molecular weight is 420 g/mol. The van der Waals surface area contributed by atoms with Crippen molar-refractivity contribution in [2.24, 2.45) is 0 Å². The number of para-hydroxylation sites is 1. The minimum atomic E-state index is 0.153. The van der Waals surface area contributed by atoms with E-state index in [2.05, 4.69) is 33.2 Å². The maximum absolute atomic E-state index is 9.69. The second kappa shape index (κ2) is 7.77. The van der Waals surface area contributed by atoms with Crippen LogP contribution in [0.5, 0.6) is 5.75 Å². The zero-order chi connectivity index (χ0) is 19.4. The number of hydrogen-bond acceptors (Lipinski definition) is 5. The molecule has 6 nitrogen and oxygen atoms in total. The number of benzene rings is 2. The van der Waals surface area contributed by atoms with Gasteiger partial charge < -0.3 is 10.5 Å². The molecule has 0 spiro atoms. The van der Waals surface area contributed by atoms with Crippen molar-refractivity contribution in [3.8, 4) is 23.6 Å². The van der Waals surface area contributed by atoms with E-state index in [1.54, 1.807) is 19.3 Å². The lowest BCUT2D eigenvalue weighted by Gasteiger charge is -2.05. The minimum absolute atomic E-state index is 0.153. The fourth-order valence-electron chi connectivity index (χ4n) is 2.62. The summed E-state index contributed by atoms with van der Waals surface area (Å²) in [6, 6.07) is 18.8. The molecule has 0 aliphatic carbocycles. The number of aromatic nitrogens is 2. The molecule has 0 aliphatic rings. The van der Waals surface area contributed by atoms with E-state index in [1.807, 2.05) is 42.5 Å². The molecular formula is C20H14BrN5O. The Kier molecular flexibility index (Phi) is 5.25. The van der Waals surface area contributed by atoms with E-state index < -0.39 is 0 Å². The first-order valence-electron chi connectivity index (χ1n) is 7.88. The predicted molar refractivity (Wildman–Crippen MR) is 107 cm³/mol. The van der Waals surface area contributed by atoms with Gasteiger partial charge >= 0.3 is 0 Å². The van der Waals surface area contributed by atoms with Gasteiger partial charge in [-0.15, -0.1) is 0 Å². The largest absolute Gasteiger partial charge is 0.496 e. The SMILES string of the molecule is COc1ccc(Br)cc1/C=C(\C#N)c1nn(-c2ccccc2)c(N)c1C#N. The summed E-state index contributed by atoms with van der Waals surface area (Å²) < 4.78 is 7.64. The molecule has 132 valence electrons. The molecule has 3 rings (SSSR count). The number of halogens is 1. The average Bonchev–Trinajstić information content (AvgIpc) is 3.03. The third-order valence-corrected chi connectivity index (χ3v) is 4.39. The molecule has 1 heterocycles. The molecule has 7 heteroatoms. The molecule has 27 heavy (non-hydrogen) atoms. The number of nitrogens with two attached hydrogens (primary N) is 1. The number of rotatable bonds is 4. The van der Waals surface area contributed by atoms with Crippen molar-refractivity contribution in [2.45, 2.75) is 0 Å². The molecule has 2 aromatic carbocycles. The highest BCUT2D eigenvalue weighted by atomic mass is 79.9. The van der Waals surface area contributed by atoms with Crippen LogP contribution in [0.2, 0.25) is 0 Å². The van der Waals surface area contributed by atoms with Gasteiger partial charge in [-0.3, -0.25) is 0 Å². The molecule has 3 aromatic rings. The van der Waals surface area contributed by atoms with Gasteiger partial charge in [-0.1, -0.05) is 34.1 Å². The van der Waals surface area contributed by atoms with Crippen LogP contribution in [0.15, 0.2) is 53.0 Å². The Bertz CT molecular complexity index is 1100. The van der Waals surface area contributed by atoms with Gasteiger partial charge in [0.25, 0.3) is 0 Å². The molecule has 0 bridgehead atoms. The maximum atomic E-state index is 9.69. The zero-order valence-corrected chi connectivity index (χ0v) is 15.9. The van der Waals surface area contributed by atoms with Crippen LogP contribution in [0.4, 0.5) is 5.82 Å². The van der Waals surface area contributed by atoms with Crippen LogP contribution in [0.1, 0.15) is 16.8 Å². The van der Waals surface area contributed by atoms with Crippen LogP contribution >= 0.6 is 15.9 Å².